The van der Waals surface area contributed by atoms with Crippen molar-refractivity contribution in [2.45, 2.75) is 58.9 Å². The fraction of sp³-hybridized carbons (Fsp3) is 0.556. The highest BCUT2D eigenvalue weighted by Crippen LogP contribution is 2.32. The van der Waals surface area contributed by atoms with Gasteiger partial charge < -0.3 is 5.32 Å². The largest absolute Gasteiger partial charge is 0.307 e. The maximum atomic E-state index is 3.76. The van der Waals surface area contributed by atoms with Gasteiger partial charge in [-0.2, -0.15) is 0 Å². The number of hydrogen-bond acceptors (Lipinski definition) is 1. The lowest BCUT2D eigenvalue weighted by Gasteiger charge is -2.27. The average Bonchev–Trinajstić information content (AvgIpc) is 2.45. The molecular formula is C18H27N. The molecule has 0 radical (unpaired) electrons. The third-order valence-electron chi connectivity index (χ3n) is 4.25. The van der Waals surface area contributed by atoms with Gasteiger partial charge in [-0.15, -0.1) is 0 Å². The van der Waals surface area contributed by atoms with Crippen LogP contribution in [-0.2, 0) is 0 Å². The van der Waals surface area contributed by atoms with Crippen LogP contribution in [0.5, 0.6) is 0 Å². The molecular weight excluding hydrogens is 230 g/mol. The van der Waals surface area contributed by atoms with E-state index in [-0.39, 0.29) is 0 Å². The van der Waals surface area contributed by atoms with Crippen LogP contribution in [0, 0.1) is 13.8 Å². The Kier molecular flexibility index (Phi) is 5.21. The quantitative estimate of drug-likeness (QED) is 0.744. The first-order valence-corrected chi connectivity index (χ1v) is 7.72. The van der Waals surface area contributed by atoms with Gasteiger partial charge in [0.15, 0.2) is 0 Å². The minimum absolute atomic E-state index is 0.431. The molecule has 19 heavy (non-hydrogen) atoms. The Morgan fingerprint density at radius 2 is 2.05 bits per heavy atom. The molecule has 0 fully saturated rings. The van der Waals surface area contributed by atoms with Crippen LogP contribution in [0.3, 0.4) is 0 Å². The summed E-state index contributed by atoms with van der Waals surface area (Å²) in [6, 6.07) is 7.14. The van der Waals surface area contributed by atoms with Crippen molar-refractivity contribution >= 4 is 0 Å². The van der Waals surface area contributed by atoms with Gasteiger partial charge >= 0.3 is 0 Å². The first kappa shape index (κ1) is 14.3. The van der Waals surface area contributed by atoms with Gasteiger partial charge in [-0.05, 0) is 69.2 Å². The fourth-order valence-corrected chi connectivity index (χ4v) is 2.94. The molecule has 0 heterocycles. The first-order chi connectivity index (χ1) is 9.24. The third-order valence-corrected chi connectivity index (χ3v) is 4.25. The molecule has 104 valence electrons. The Labute approximate surface area is 118 Å². The smallest absolute Gasteiger partial charge is 0.0538 e. The first-order valence-electron chi connectivity index (χ1n) is 7.72. The summed E-state index contributed by atoms with van der Waals surface area (Å²) in [4.78, 5) is 0. The molecule has 1 heteroatoms. The average molecular weight is 257 g/mol. The van der Waals surface area contributed by atoms with Gasteiger partial charge in [-0.1, -0.05) is 36.8 Å². The van der Waals surface area contributed by atoms with E-state index >= 15 is 0 Å². The van der Waals surface area contributed by atoms with Crippen molar-refractivity contribution in [3.05, 3.63) is 46.5 Å². The van der Waals surface area contributed by atoms with Crippen molar-refractivity contribution in [1.82, 2.24) is 5.32 Å². The molecule has 1 aliphatic rings. The van der Waals surface area contributed by atoms with E-state index in [4.69, 9.17) is 0 Å². The van der Waals surface area contributed by atoms with Gasteiger partial charge in [0.25, 0.3) is 0 Å². The number of rotatable bonds is 5. The molecule has 1 aromatic carbocycles. The summed E-state index contributed by atoms with van der Waals surface area (Å²) in [6.45, 7) is 7.80. The van der Waals surface area contributed by atoms with Gasteiger partial charge in [-0.25, -0.2) is 0 Å². The second kappa shape index (κ2) is 6.91. The van der Waals surface area contributed by atoms with Crippen LogP contribution in [-0.4, -0.2) is 6.54 Å². The van der Waals surface area contributed by atoms with Crippen molar-refractivity contribution < 1.29 is 0 Å². The molecule has 0 aliphatic heterocycles. The Balaban J connectivity index is 2.30. The second-order valence-corrected chi connectivity index (χ2v) is 5.70. The van der Waals surface area contributed by atoms with E-state index in [1.54, 1.807) is 5.57 Å². The predicted octanol–water partition coefficient (Wildman–Crippen LogP) is 4.84. The molecule has 1 unspecified atom stereocenters. The van der Waals surface area contributed by atoms with E-state index in [2.05, 4.69) is 50.4 Å². The highest BCUT2D eigenvalue weighted by Gasteiger charge is 2.19. The minimum atomic E-state index is 0.431. The van der Waals surface area contributed by atoms with Crippen molar-refractivity contribution in [2.75, 3.05) is 6.54 Å². The molecule has 0 spiro atoms. The lowest BCUT2D eigenvalue weighted by atomic mass is 9.87. The summed E-state index contributed by atoms with van der Waals surface area (Å²) in [5, 5.41) is 3.76. The van der Waals surface area contributed by atoms with Gasteiger partial charge in [0.05, 0.1) is 6.04 Å². The van der Waals surface area contributed by atoms with E-state index in [0.717, 1.165) is 6.54 Å². The minimum Gasteiger partial charge on any atom is -0.307 e. The van der Waals surface area contributed by atoms with Crippen LogP contribution < -0.4 is 5.32 Å². The van der Waals surface area contributed by atoms with Crippen LogP contribution in [0.15, 0.2) is 29.8 Å². The predicted molar refractivity (Wildman–Crippen MR) is 83.5 cm³/mol. The van der Waals surface area contributed by atoms with E-state index in [9.17, 15) is 0 Å². The summed E-state index contributed by atoms with van der Waals surface area (Å²) in [7, 11) is 0. The lowest BCUT2D eigenvalue weighted by molar-refractivity contribution is 0.545. The Bertz CT molecular complexity index is 445. The molecule has 2 rings (SSSR count). The normalized spacial score (nSPS) is 17.1. The maximum Gasteiger partial charge on any atom is 0.0538 e. The van der Waals surface area contributed by atoms with Crippen molar-refractivity contribution in [3.8, 4) is 0 Å². The Hall–Kier alpha value is -1.08. The molecule has 1 nitrogen and oxygen atoms in total. The maximum absolute atomic E-state index is 3.76. The molecule has 0 saturated carbocycles. The van der Waals surface area contributed by atoms with Crippen LogP contribution in [0.25, 0.3) is 0 Å². The number of hydrogen-bond donors (Lipinski definition) is 1. The highest BCUT2D eigenvalue weighted by molar-refractivity contribution is 5.39. The van der Waals surface area contributed by atoms with Crippen LogP contribution in [0.2, 0.25) is 0 Å². The summed E-state index contributed by atoms with van der Waals surface area (Å²) in [5.41, 5.74) is 5.93. The summed E-state index contributed by atoms with van der Waals surface area (Å²) < 4.78 is 0. The highest BCUT2D eigenvalue weighted by atomic mass is 14.9. The number of aryl methyl sites for hydroxylation is 1. The number of nitrogens with one attached hydrogen (secondary N) is 1. The SMILES string of the molecule is CCCNC(C1=CCCCC1)c1cccc(C)c1C. The fourth-order valence-electron chi connectivity index (χ4n) is 2.94. The molecule has 1 aliphatic carbocycles. The summed E-state index contributed by atoms with van der Waals surface area (Å²) in [6.07, 6.45) is 8.88. The molecule has 1 aromatic rings. The number of allylic oxidation sites excluding steroid dienone is 1. The van der Waals surface area contributed by atoms with Crippen molar-refractivity contribution in [1.29, 1.82) is 0 Å². The zero-order chi connectivity index (χ0) is 13.7. The molecule has 0 bridgehead atoms. The third kappa shape index (κ3) is 3.48. The summed E-state index contributed by atoms with van der Waals surface area (Å²) in [5.74, 6) is 0. The van der Waals surface area contributed by atoms with Crippen LogP contribution in [0.4, 0.5) is 0 Å². The molecule has 0 saturated heterocycles. The van der Waals surface area contributed by atoms with E-state index < -0.39 is 0 Å². The molecule has 1 N–H and O–H groups in total. The molecule has 1 atom stereocenters. The molecule has 0 amide bonds. The van der Waals surface area contributed by atoms with E-state index in [1.165, 1.54) is 48.8 Å². The van der Waals surface area contributed by atoms with Gasteiger partial charge in [0, 0.05) is 0 Å². The van der Waals surface area contributed by atoms with Crippen LogP contribution in [0.1, 0.15) is 61.8 Å². The topological polar surface area (TPSA) is 12.0 Å². The zero-order valence-electron chi connectivity index (χ0n) is 12.6. The lowest BCUT2D eigenvalue weighted by Crippen LogP contribution is -2.25. The van der Waals surface area contributed by atoms with E-state index in [0.29, 0.717) is 6.04 Å². The Morgan fingerprint density at radius 1 is 1.21 bits per heavy atom. The standard InChI is InChI=1S/C18H27N/c1-4-13-19-18(16-10-6-5-7-11-16)17-12-8-9-14(2)15(17)3/h8-10,12,18-19H,4-7,11,13H2,1-3H3. The van der Waals surface area contributed by atoms with Gasteiger partial charge in [0.2, 0.25) is 0 Å². The van der Waals surface area contributed by atoms with Crippen molar-refractivity contribution in [3.63, 3.8) is 0 Å². The Morgan fingerprint density at radius 3 is 2.74 bits per heavy atom. The van der Waals surface area contributed by atoms with Crippen LogP contribution >= 0.6 is 0 Å². The second-order valence-electron chi connectivity index (χ2n) is 5.70. The number of benzene rings is 1. The monoisotopic (exact) mass is 257 g/mol. The molecule has 0 aromatic heterocycles. The van der Waals surface area contributed by atoms with Gasteiger partial charge in [0.1, 0.15) is 0 Å². The zero-order valence-corrected chi connectivity index (χ0v) is 12.6. The van der Waals surface area contributed by atoms with E-state index in [1.807, 2.05) is 0 Å². The van der Waals surface area contributed by atoms with Gasteiger partial charge in [-0.3, -0.25) is 0 Å². The van der Waals surface area contributed by atoms with Crippen molar-refractivity contribution in [2.24, 2.45) is 0 Å². The summed E-state index contributed by atoms with van der Waals surface area (Å²) >= 11 is 0.